The van der Waals surface area contributed by atoms with Crippen LogP contribution in [0.25, 0.3) is 11.0 Å². The van der Waals surface area contributed by atoms with Crippen LogP contribution in [0.15, 0.2) is 45.6 Å². The fraction of sp³-hybridized carbons (Fsp3) is 0.429. The van der Waals surface area contributed by atoms with E-state index in [1.54, 1.807) is 4.90 Å². The predicted octanol–water partition coefficient (Wildman–Crippen LogP) is 6.32. The summed E-state index contributed by atoms with van der Waals surface area (Å²) in [6, 6.07) is 11.1. The van der Waals surface area contributed by atoms with E-state index >= 15 is 0 Å². The van der Waals surface area contributed by atoms with Gasteiger partial charge in [-0.15, -0.1) is 0 Å². The number of hydrogen-bond donors (Lipinski definition) is 0. The fourth-order valence-corrected chi connectivity index (χ4v) is 4.80. The summed E-state index contributed by atoms with van der Waals surface area (Å²) in [5, 5.41) is 0.558. The second kappa shape index (κ2) is 9.82. The van der Waals surface area contributed by atoms with Gasteiger partial charge in [0.05, 0.1) is 23.6 Å². The van der Waals surface area contributed by atoms with Crippen LogP contribution in [0.2, 0.25) is 0 Å². The van der Waals surface area contributed by atoms with Crippen molar-refractivity contribution in [3.63, 3.8) is 0 Å². The molecule has 1 aliphatic heterocycles. The Hall–Kier alpha value is -3.08. The SMILES string of the molecule is CCCCCCOc1ccc(C2c3c(oc4cc(C)cc(C)c4c3=O)C(=O)N2CCC)cc1. The molecule has 0 spiro atoms. The van der Waals surface area contributed by atoms with Crippen molar-refractivity contribution in [2.45, 2.75) is 65.8 Å². The molecule has 0 aliphatic carbocycles. The van der Waals surface area contributed by atoms with Crippen molar-refractivity contribution >= 4 is 16.9 Å². The molecule has 1 aliphatic rings. The lowest BCUT2D eigenvalue weighted by Gasteiger charge is -2.24. The Morgan fingerprint density at radius 3 is 2.42 bits per heavy atom. The van der Waals surface area contributed by atoms with Crippen LogP contribution in [0.4, 0.5) is 0 Å². The predicted molar refractivity (Wildman–Crippen MR) is 131 cm³/mol. The van der Waals surface area contributed by atoms with Gasteiger partial charge in [0, 0.05) is 6.54 Å². The molecule has 1 amide bonds. The number of carbonyl (C=O) groups excluding carboxylic acids is 1. The molecule has 0 radical (unpaired) electrons. The van der Waals surface area contributed by atoms with Crippen LogP contribution < -0.4 is 10.2 Å². The van der Waals surface area contributed by atoms with E-state index in [-0.39, 0.29) is 17.1 Å². The molecule has 1 atom stereocenters. The zero-order valence-corrected chi connectivity index (χ0v) is 20.1. The molecule has 0 fully saturated rings. The number of ether oxygens (including phenoxy) is 1. The first-order valence-corrected chi connectivity index (χ1v) is 12.1. The van der Waals surface area contributed by atoms with Crippen molar-refractivity contribution in [1.82, 2.24) is 4.90 Å². The van der Waals surface area contributed by atoms with Gasteiger partial charge in [-0.05, 0) is 61.6 Å². The molecule has 2 heterocycles. The minimum atomic E-state index is -0.451. The number of hydrogen-bond acceptors (Lipinski definition) is 4. The number of carbonyl (C=O) groups is 1. The largest absolute Gasteiger partial charge is 0.494 e. The molecule has 33 heavy (non-hydrogen) atoms. The summed E-state index contributed by atoms with van der Waals surface area (Å²) in [6.07, 6.45) is 5.43. The molecule has 0 bridgehead atoms. The van der Waals surface area contributed by atoms with Crippen LogP contribution >= 0.6 is 0 Å². The van der Waals surface area contributed by atoms with Gasteiger partial charge in [-0.3, -0.25) is 9.59 Å². The molecule has 0 saturated heterocycles. The summed E-state index contributed by atoms with van der Waals surface area (Å²) < 4.78 is 12.0. The van der Waals surface area contributed by atoms with Crippen LogP contribution in [0.3, 0.4) is 0 Å². The Bertz CT molecular complexity index is 1210. The fourth-order valence-electron chi connectivity index (χ4n) is 4.80. The summed E-state index contributed by atoms with van der Waals surface area (Å²) in [6.45, 7) is 9.35. The van der Waals surface area contributed by atoms with Crippen LogP contribution in [-0.2, 0) is 0 Å². The van der Waals surface area contributed by atoms with Crippen molar-refractivity contribution in [3.05, 3.63) is 74.6 Å². The van der Waals surface area contributed by atoms with E-state index in [4.69, 9.17) is 9.15 Å². The lowest BCUT2D eigenvalue weighted by atomic mass is 9.97. The highest BCUT2D eigenvalue weighted by Crippen LogP contribution is 2.39. The quantitative estimate of drug-likeness (QED) is 0.360. The van der Waals surface area contributed by atoms with Gasteiger partial charge in [-0.25, -0.2) is 0 Å². The van der Waals surface area contributed by atoms with Crippen LogP contribution in [0.5, 0.6) is 5.75 Å². The van der Waals surface area contributed by atoms with Gasteiger partial charge in [0.2, 0.25) is 5.76 Å². The van der Waals surface area contributed by atoms with E-state index in [0.29, 0.717) is 29.7 Å². The van der Waals surface area contributed by atoms with Crippen molar-refractivity contribution in [2.24, 2.45) is 0 Å². The summed E-state index contributed by atoms with van der Waals surface area (Å²) in [5.74, 6) is 0.761. The monoisotopic (exact) mass is 447 g/mol. The average Bonchev–Trinajstić information content (AvgIpc) is 3.06. The maximum atomic E-state index is 13.7. The number of rotatable bonds is 9. The standard InChI is InChI=1S/C28H33NO4/c1-5-7-8-9-15-32-21-12-10-20(11-13-21)25-24-26(30)23-19(4)16-18(3)17-22(23)33-27(24)28(31)29(25)14-6-2/h10-13,16-17,25H,5-9,14-15H2,1-4H3. The molecule has 1 aromatic heterocycles. The van der Waals surface area contributed by atoms with E-state index in [9.17, 15) is 9.59 Å². The summed E-state index contributed by atoms with van der Waals surface area (Å²) >= 11 is 0. The van der Waals surface area contributed by atoms with Crippen LogP contribution in [-0.4, -0.2) is 24.0 Å². The highest BCUT2D eigenvalue weighted by Gasteiger charge is 2.42. The molecule has 0 saturated carbocycles. The van der Waals surface area contributed by atoms with Gasteiger partial charge < -0.3 is 14.1 Å². The zero-order valence-electron chi connectivity index (χ0n) is 20.1. The van der Waals surface area contributed by atoms with Crippen molar-refractivity contribution in [3.8, 4) is 5.75 Å². The Labute approximate surface area is 195 Å². The first-order valence-electron chi connectivity index (χ1n) is 12.1. The topological polar surface area (TPSA) is 59.8 Å². The van der Waals surface area contributed by atoms with Gasteiger partial charge in [0.15, 0.2) is 5.43 Å². The minimum Gasteiger partial charge on any atom is -0.494 e. The van der Waals surface area contributed by atoms with E-state index < -0.39 is 6.04 Å². The Kier molecular flexibility index (Phi) is 6.87. The molecule has 0 N–H and O–H groups in total. The van der Waals surface area contributed by atoms with Gasteiger partial charge in [0.1, 0.15) is 11.3 Å². The first kappa shape index (κ1) is 23.1. The van der Waals surface area contributed by atoms with E-state index in [1.807, 2.05) is 57.2 Å². The van der Waals surface area contributed by atoms with Gasteiger partial charge in [-0.1, -0.05) is 51.3 Å². The second-order valence-electron chi connectivity index (χ2n) is 9.01. The first-order chi connectivity index (χ1) is 16.0. The van der Waals surface area contributed by atoms with Crippen molar-refractivity contribution < 1.29 is 13.9 Å². The van der Waals surface area contributed by atoms with E-state index in [1.165, 1.54) is 19.3 Å². The lowest BCUT2D eigenvalue weighted by molar-refractivity contribution is 0.0728. The smallest absolute Gasteiger partial charge is 0.290 e. The van der Waals surface area contributed by atoms with Crippen LogP contribution in [0, 0.1) is 13.8 Å². The number of nitrogens with zero attached hydrogens (tertiary/aromatic N) is 1. The Morgan fingerprint density at radius 1 is 0.970 bits per heavy atom. The number of fused-ring (bicyclic) bond motifs is 2. The summed E-state index contributed by atoms with van der Waals surface area (Å²) in [7, 11) is 0. The third kappa shape index (κ3) is 4.41. The van der Waals surface area contributed by atoms with Gasteiger partial charge in [0.25, 0.3) is 5.91 Å². The molecular formula is C28H33NO4. The maximum absolute atomic E-state index is 13.7. The number of aryl methyl sites for hydroxylation is 2. The molecule has 2 aromatic carbocycles. The highest BCUT2D eigenvalue weighted by molar-refractivity contribution is 5.99. The van der Waals surface area contributed by atoms with Gasteiger partial charge in [-0.2, -0.15) is 0 Å². The lowest BCUT2D eigenvalue weighted by Crippen LogP contribution is -2.30. The third-order valence-corrected chi connectivity index (χ3v) is 6.34. The van der Waals surface area contributed by atoms with Crippen molar-refractivity contribution in [1.29, 1.82) is 0 Å². The molecule has 4 rings (SSSR count). The number of amides is 1. The molecular weight excluding hydrogens is 414 g/mol. The molecule has 1 unspecified atom stereocenters. The Balaban J connectivity index is 1.72. The van der Waals surface area contributed by atoms with Gasteiger partial charge >= 0.3 is 0 Å². The zero-order chi connectivity index (χ0) is 23.5. The molecule has 3 aromatic rings. The third-order valence-electron chi connectivity index (χ3n) is 6.34. The van der Waals surface area contributed by atoms with E-state index in [0.717, 1.165) is 35.3 Å². The molecule has 5 heteroatoms. The molecule has 174 valence electrons. The molecule has 5 nitrogen and oxygen atoms in total. The minimum absolute atomic E-state index is 0.114. The van der Waals surface area contributed by atoms with Crippen LogP contribution in [0.1, 0.15) is 84.8 Å². The number of benzene rings is 2. The Morgan fingerprint density at radius 2 is 1.73 bits per heavy atom. The summed E-state index contributed by atoms with van der Waals surface area (Å²) in [4.78, 5) is 28.7. The maximum Gasteiger partial charge on any atom is 0.290 e. The summed E-state index contributed by atoms with van der Waals surface area (Å²) in [5.41, 5.74) is 3.58. The second-order valence-corrected chi connectivity index (χ2v) is 9.01. The average molecular weight is 448 g/mol. The highest BCUT2D eigenvalue weighted by atomic mass is 16.5. The van der Waals surface area contributed by atoms with E-state index in [2.05, 4.69) is 6.92 Å². The van der Waals surface area contributed by atoms with Crippen molar-refractivity contribution in [2.75, 3.05) is 13.2 Å². The normalized spacial score (nSPS) is 15.3. The number of unbranched alkanes of at least 4 members (excludes halogenated alkanes) is 3.